The number of H-pyrrole nitrogens is 1. The van der Waals surface area contributed by atoms with Crippen LogP contribution in [0.15, 0.2) is 17.2 Å². The molecule has 17 heavy (non-hydrogen) atoms. The van der Waals surface area contributed by atoms with Gasteiger partial charge in [-0.15, -0.1) is 11.6 Å². The van der Waals surface area contributed by atoms with E-state index >= 15 is 0 Å². The van der Waals surface area contributed by atoms with Gasteiger partial charge in [0.05, 0.1) is 0 Å². The topological polar surface area (TPSA) is 75.1 Å². The quantitative estimate of drug-likeness (QED) is 0.792. The average molecular weight is 254 g/mol. The third kappa shape index (κ3) is 1.88. The fourth-order valence-corrected chi connectivity index (χ4v) is 2.08. The fraction of sp³-hybridized carbons (Fsp3) is 0.500. The summed E-state index contributed by atoms with van der Waals surface area (Å²) in [5.41, 5.74) is 0.516. The van der Waals surface area contributed by atoms with Crippen molar-refractivity contribution in [1.29, 1.82) is 0 Å². The number of nitrogens with zero attached hydrogens (tertiary/aromatic N) is 3. The maximum atomic E-state index is 11.2. The fourth-order valence-electron chi connectivity index (χ4n) is 1.72. The first-order valence-electron chi connectivity index (χ1n) is 5.45. The van der Waals surface area contributed by atoms with Crippen molar-refractivity contribution in [3.8, 4) is 0 Å². The molecule has 0 saturated heterocycles. The second-order valence-electron chi connectivity index (χ2n) is 4.52. The van der Waals surface area contributed by atoms with E-state index in [1.54, 1.807) is 6.07 Å². The lowest BCUT2D eigenvalue weighted by molar-refractivity contribution is 0.617. The molecule has 1 aliphatic rings. The first-order valence-corrected chi connectivity index (χ1v) is 5.99. The number of fused-ring (bicyclic) bond motifs is 1. The Morgan fingerprint density at radius 3 is 3.12 bits per heavy atom. The van der Waals surface area contributed by atoms with Gasteiger partial charge in [0.1, 0.15) is 12.1 Å². The van der Waals surface area contributed by atoms with Crippen molar-refractivity contribution in [2.24, 2.45) is 5.41 Å². The minimum absolute atomic E-state index is 0.237. The highest BCUT2D eigenvalue weighted by Gasteiger charge is 2.41. The standard InChI is InChI=1S/C10H12ClN5O/c11-4-10(1-2-10)5-12-7-3-8-14-15-9(17)16(8)6-13-7/h3,6,12H,1-2,4-5H2,(H,15,17). The number of nitrogens with one attached hydrogen (secondary N) is 2. The highest BCUT2D eigenvalue weighted by molar-refractivity contribution is 6.18. The molecule has 2 aromatic heterocycles. The summed E-state index contributed by atoms with van der Waals surface area (Å²) >= 11 is 5.90. The number of aromatic amines is 1. The lowest BCUT2D eigenvalue weighted by Gasteiger charge is -2.12. The summed E-state index contributed by atoms with van der Waals surface area (Å²) in [7, 11) is 0. The number of halogens is 1. The van der Waals surface area contributed by atoms with Gasteiger partial charge in [-0.3, -0.25) is 0 Å². The van der Waals surface area contributed by atoms with Crippen molar-refractivity contribution in [3.63, 3.8) is 0 Å². The molecule has 0 atom stereocenters. The van der Waals surface area contributed by atoms with Crippen molar-refractivity contribution in [3.05, 3.63) is 22.9 Å². The SMILES string of the molecule is O=c1[nH]nc2cc(NCC3(CCl)CC3)ncn12. The van der Waals surface area contributed by atoms with Gasteiger partial charge in [-0.2, -0.15) is 5.10 Å². The normalized spacial score (nSPS) is 17.2. The van der Waals surface area contributed by atoms with Gasteiger partial charge in [-0.1, -0.05) is 0 Å². The first-order chi connectivity index (χ1) is 8.22. The van der Waals surface area contributed by atoms with Crippen LogP contribution < -0.4 is 11.0 Å². The molecule has 2 heterocycles. The predicted molar refractivity (Wildman–Crippen MR) is 64.5 cm³/mol. The average Bonchev–Trinajstić information content (AvgIpc) is 3.06. The van der Waals surface area contributed by atoms with Crippen LogP contribution in [-0.2, 0) is 0 Å². The molecule has 1 aliphatic carbocycles. The van der Waals surface area contributed by atoms with Gasteiger partial charge in [-0.25, -0.2) is 19.3 Å². The van der Waals surface area contributed by atoms with Gasteiger partial charge >= 0.3 is 5.69 Å². The van der Waals surface area contributed by atoms with Gasteiger partial charge in [0, 0.05) is 23.9 Å². The number of anilines is 1. The third-order valence-electron chi connectivity index (χ3n) is 3.19. The summed E-state index contributed by atoms with van der Waals surface area (Å²) < 4.78 is 1.36. The Balaban J connectivity index is 1.79. The highest BCUT2D eigenvalue weighted by Crippen LogP contribution is 2.46. The Labute approximate surface area is 102 Å². The molecule has 0 spiro atoms. The van der Waals surface area contributed by atoms with Gasteiger partial charge in [-0.05, 0) is 12.8 Å². The Kier molecular flexibility index (Phi) is 2.32. The molecule has 0 aliphatic heterocycles. The predicted octanol–water partition coefficient (Wildman–Crippen LogP) is 0.848. The van der Waals surface area contributed by atoms with E-state index in [9.17, 15) is 4.79 Å². The molecular formula is C10H12ClN5O. The molecule has 1 fully saturated rings. The van der Waals surface area contributed by atoms with Crippen LogP contribution in [0.25, 0.3) is 5.65 Å². The number of hydrogen-bond donors (Lipinski definition) is 2. The third-order valence-corrected chi connectivity index (χ3v) is 3.76. The lowest BCUT2D eigenvalue weighted by atomic mass is 10.1. The van der Waals surface area contributed by atoms with Gasteiger partial charge < -0.3 is 5.32 Å². The zero-order chi connectivity index (χ0) is 11.9. The van der Waals surface area contributed by atoms with E-state index in [-0.39, 0.29) is 11.1 Å². The molecule has 0 radical (unpaired) electrons. The van der Waals surface area contributed by atoms with E-state index in [0.717, 1.165) is 19.4 Å². The molecule has 1 saturated carbocycles. The molecule has 0 unspecified atom stereocenters. The summed E-state index contributed by atoms with van der Waals surface area (Å²) in [6.07, 6.45) is 3.78. The van der Waals surface area contributed by atoms with Crippen LogP contribution in [0.3, 0.4) is 0 Å². The van der Waals surface area contributed by atoms with E-state index in [2.05, 4.69) is 20.5 Å². The van der Waals surface area contributed by atoms with Gasteiger partial charge in [0.25, 0.3) is 0 Å². The molecule has 6 nitrogen and oxygen atoms in total. The Morgan fingerprint density at radius 2 is 2.41 bits per heavy atom. The van der Waals surface area contributed by atoms with Crippen molar-refractivity contribution in [2.75, 3.05) is 17.7 Å². The van der Waals surface area contributed by atoms with Crippen LogP contribution in [-0.4, -0.2) is 32.0 Å². The maximum Gasteiger partial charge on any atom is 0.348 e. The summed E-state index contributed by atoms with van der Waals surface area (Å²) in [6, 6.07) is 1.74. The molecule has 7 heteroatoms. The molecule has 3 rings (SSSR count). The Bertz CT molecular complexity index is 600. The lowest BCUT2D eigenvalue weighted by Crippen LogP contribution is -2.18. The number of aromatic nitrogens is 4. The maximum absolute atomic E-state index is 11.2. The van der Waals surface area contributed by atoms with Gasteiger partial charge in [0.2, 0.25) is 0 Å². The number of rotatable bonds is 4. The smallest absolute Gasteiger partial charge is 0.348 e. The minimum Gasteiger partial charge on any atom is -0.369 e. The van der Waals surface area contributed by atoms with E-state index in [4.69, 9.17) is 11.6 Å². The molecule has 0 amide bonds. The zero-order valence-corrected chi connectivity index (χ0v) is 9.87. The molecule has 90 valence electrons. The van der Waals surface area contributed by atoms with Crippen molar-refractivity contribution in [1.82, 2.24) is 19.6 Å². The monoisotopic (exact) mass is 253 g/mol. The van der Waals surface area contributed by atoms with Gasteiger partial charge in [0.15, 0.2) is 5.65 Å². The van der Waals surface area contributed by atoms with Crippen molar-refractivity contribution in [2.45, 2.75) is 12.8 Å². The number of alkyl halides is 1. The van der Waals surface area contributed by atoms with Crippen molar-refractivity contribution >= 4 is 23.1 Å². The van der Waals surface area contributed by atoms with E-state index in [1.165, 1.54) is 10.7 Å². The second kappa shape index (κ2) is 3.73. The Hall–Kier alpha value is -1.56. The van der Waals surface area contributed by atoms with Crippen LogP contribution in [0.4, 0.5) is 5.82 Å². The molecule has 2 aromatic rings. The van der Waals surface area contributed by atoms with E-state index in [0.29, 0.717) is 17.3 Å². The summed E-state index contributed by atoms with van der Waals surface area (Å²) in [5.74, 6) is 1.39. The molecule has 0 bridgehead atoms. The number of hydrogen-bond acceptors (Lipinski definition) is 4. The van der Waals surface area contributed by atoms with E-state index < -0.39 is 0 Å². The molecule has 2 N–H and O–H groups in total. The Morgan fingerprint density at radius 1 is 1.59 bits per heavy atom. The first kappa shape index (κ1) is 10.6. The zero-order valence-electron chi connectivity index (χ0n) is 9.11. The highest BCUT2D eigenvalue weighted by atomic mass is 35.5. The minimum atomic E-state index is -0.279. The second-order valence-corrected chi connectivity index (χ2v) is 4.79. The summed E-state index contributed by atoms with van der Waals surface area (Å²) in [6.45, 7) is 0.814. The summed E-state index contributed by atoms with van der Waals surface area (Å²) in [4.78, 5) is 15.4. The van der Waals surface area contributed by atoms with Crippen LogP contribution in [0.5, 0.6) is 0 Å². The molecular weight excluding hydrogens is 242 g/mol. The van der Waals surface area contributed by atoms with Crippen LogP contribution in [0.1, 0.15) is 12.8 Å². The van der Waals surface area contributed by atoms with Crippen LogP contribution in [0.2, 0.25) is 0 Å². The summed E-state index contributed by atoms with van der Waals surface area (Å²) in [5, 5.41) is 9.48. The van der Waals surface area contributed by atoms with E-state index in [1.807, 2.05) is 0 Å². The molecule has 0 aromatic carbocycles. The van der Waals surface area contributed by atoms with Crippen molar-refractivity contribution < 1.29 is 0 Å². The largest absolute Gasteiger partial charge is 0.369 e. The van der Waals surface area contributed by atoms with Crippen LogP contribution in [0, 0.1) is 5.41 Å². The van der Waals surface area contributed by atoms with Crippen LogP contribution >= 0.6 is 11.6 Å².